The summed E-state index contributed by atoms with van der Waals surface area (Å²) in [4.78, 5) is 0. The highest BCUT2D eigenvalue weighted by molar-refractivity contribution is 7.82. The summed E-state index contributed by atoms with van der Waals surface area (Å²) in [6.45, 7) is -6.58. The van der Waals surface area contributed by atoms with Gasteiger partial charge < -0.3 is 9.47 Å². The van der Waals surface area contributed by atoms with Crippen molar-refractivity contribution in [2.45, 2.75) is 55.1 Å². The SMILES string of the molecule is O=S(=O)(O)OC[C@H](OS(=O)(=O)O)[C@H](OS(=O)(=O)O)[C@@H](OS(=O)(=O)O)[C@@H](CO[C@@H]1O[C@H](COS(=O)(=O)O)[C@@H](OS(=O)(=O)O)[C@H](OS(=O)(=O)O)[C@H]1OS(=O)(=O)O)OS(=O)(=O)O. The smallest absolute Gasteiger partial charge is 0.347 e. The zero-order valence-electron chi connectivity index (χ0n) is 26.9. The quantitative estimate of drug-likeness (QED) is 0.0363. The second-order valence-electron chi connectivity index (χ2n) is 9.87. The van der Waals surface area contributed by atoms with E-state index in [0.717, 1.165) is 0 Å². The lowest BCUT2D eigenvalue weighted by atomic mass is 9.99. The molecule has 1 fully saturated rings. The Kier molecular flexibility index (Phi) is 19.0. The van der Waals surface area contributed by atoms with Crippen molar-refractivity contribution in [3.05, 3.63) is 0 Å². The van der Waals surface area contributed by atoms with Gasteiger partial charge in [0, 0.05) is 0 Å². The zero-order valence-corrected chi connectivity index (χ0v) is 34.2. The van der Waals surface area contributed by atoms with Crippen LogP contribution in [0.2, 0.25) is 0 Å². The fraction of sp³-hybridized carbons (Fsp3) is 1.00. The second-order valence-corrected chi connectivity index (χ2v) is 19.4. The first-order chi connectivity index (χ1) is 25.8. The van der Waals surface area contributed by atoms with Crippen molar-refractivity contribution < 1.29 is 164 Å². The standard InChI is InChI=1S/C12H24O38S9/c13-51(14,15)41-2-4-7(46-55(25,26)27)10(49-58(34,35)36)11(50-59(37,38)39)12(43-4)40-1-5(44-53(19,20)21)8(47-56(28,29)30)9(48-57(31,32)33)6(45-54(22,23)24)3-42-52(16,17)18/h4-12H,1-3H2,(H,13,14,15)(H,16,17,18)(H,19,20,21)(H,22,23,24)(H,25,26,27)(H,28,29,30)(H,31,32,33)(H,34,35,36)(H,37,38,39)/t4-,5-,6+,7-,8+,9+,10+,11-,12-/m1/s1. The minimum Gasteiger partial charge on any atom is -0.347 e. The van der Waals surface area contributed by atoms with Gasteiger partial charge in [-0.2, -0.15) is 75.8 Å². The Balaban J connectivity index is 4.25. The van der Waals surface area contributed by atoms with E-state index in [4.69, 9.17) is 23.1 Å². The van der Waals surface area contributed by atoms with Crippen LogP contribution in [0, 0.1) is 0 Å². The molecule has 0 bridgehead atoms. The van der Waals surface area contributed by atoms with E-state index in [0.29, 0.717) is 0 Å². The van der Waals surface area contributed by atoms with E-state index >= 15 is 0 Å². The summed E-state index contributed by atoms with van der Waals surface area (Å²) in [6, 6.07) is 0. The van der Waals surface area contributed by atoms with Crippen LogP contribution >= 0.6 is 0 Å². The molecular weight excluding hydrogens is 1040 g/mol. The predicted molar refractivity (Wildman–Crippen MR) is 165 cm³/mol. The van der Waals surface area contributed by atoms with Gasteiger partial charge in [0.15, 0.2) is 12.4 Å². The van der Waals surface area contributed by atoms with E-state index in [2.05, 4.69) is 37.6 Å². The monoisotopic (exact) mass is 1060 g/mol. The van der Waals surface area contributed by atoms with Gasteiger partial charge >= 0.3 is 93.6 Å². The van der Waals surface area contributed by atoms with Crippen LogP contribution in [0.4, 0.5) is 0 Å². The van der Waals surface area contributed by atoms with Gasteiger partial charge in [-0.15, -0.1) is 0 Å². The van der Waals surface area contributed by atoms with Crippen molar-refractivity contribution >= 4 is 93.6 Å². The van der Waals surface area contributed by atoms with Crippen LogP contribution in [-0.2, 0) is 141 Å². The van der Waals surface area contributed by atoms with Gasteiger partial charge in [0.2, 0.25) is 0 Å². The Hall–Kier alpha value is -1.25. The molecule has 1 aliphatic heterocycles. The van der Waals surface area contributed by atoms with Crippen molar-refractivity contribution in [2.75, 3.05) is 19.8 Å². The van der Waals surface area contributed by atoms with Crippen LogP contribution in [0.1, 0.15) is 0 Å². The van der Waals surface area contributed by atoms with Gasteiger partial charge in [0.25, 0.3) is 0 Å². The van der Waals surface area contributed by atoms with Crippen LogP contribution < -0.4 is 0 Å². The Morgan fingerprint density at radius 3 is 1.07 bits per heavy atom. The minimum absolute atomic E-state index is 1.95. The molecule has 1 saturated heterocycles. The first-order valence-electron chi connectivity index (χ1n) is 12.9. The molecule has 9 atom stereocenters. The van der Waals surface area contributed by atoms with Gasteiger partial charge in [-0.05, 0) is 0 Å². The van der Waals surface area contributed by atoms with E-state index in [9.17, 15) is 103 Å². The van der Waals surface area contributed by atoms with Crippen LogP contribution in [0.5, 0.6) is 0 Å². The van der Waals surface area contributed by atoms with Crippen molar-refractivity contribution in [2.24, 2.45) is 0 Å². The van der Waals surface area contributed by atoms with Gasteiger partial charge in [0.1, 0.15) is 42.7 Å². The third kappa shape index (κ3) is 24.8. The van der Waals surface area contributed by atoms with Gasteiger partial charge in [0.05, 0.1) is 19.8 Å². The number of ether oxygens (including phenoxy) is 2. The lowest BCUT2D eigenvalue weighted by Crippen LogP contribution is -2.63. The van der Waals surface area contributed by atoms with Crippen molar-refractivity contribution in [1.82, 2.24) is 0 Å². The summed E-state index contributed by atoms with van der Waals surface area (Å²) in [5.74, 6) is 0. The highest BCUT2D eigenvalue weighted by Gasteiger charge is 2.55. The van der Waals surface area contributed by atoms with E-state index < -0.39 is 169 Å². The predicted octanol–water partition coefficient (Wildman–Crippen LogP) is -7.32. The normalized spacial score (nSPS) is 24.3. The van der Waals surface area contributed by atoms with Crippen LogP contribution in [-0.4, -0.2) is 192 Å². The molecule has 354 valence electrons. The highest BCUT2D eigenvalue weighted by Crippen LogP contribution is 2.33. The first-order valence-corrected chi connectivity index (χ1v) is 25.2. The third-order valence-electron chi connectivity index (χ3n) is 5.49. The van der Waals surface area contributed by atoms with Gasteiger partial charge in [-0.25, -0.2) is 37.6 Å². The summed E-state index contributed by atoms with van der Waals surface area (Å²) >= 11 is 0. The Labute approximate surface area is 331 Å². The molecule has 38 nitrogen and oxygen atoms in total. The molecular formula is C12H24O38S9. The van der Waals surface area contributed by atoms with Crippen molar-refractivity contribution in [3.63, 3.8) is 0 Å². The molecule has 1 aliphatic rings. The summed E-state index contributed by atoms with van der Waals surface area (Å²) in [5.41, 5.74) is 0. The summed E-state index contributed by atoms with van der Waals surface area (Å²) < 4.78 is 336. The van der Waals surface area contributed by atoms with E-state index in [1.807, 2.05) is 0 Å². The van der Waals surface area contributed by atoms with Crippen LogP contribution in [0.25, 0.3) is 0 Å². The number of rotatable bonds is 26. The zero-order chi connectivity index (χ0) is 46.6. The summed E-state index contributed by atoms with van der Waals surface area (Å²) in [7, 11) is -55.4. The lowest BCUT2D eigenvalue weighted by Gasteiger charge is -2.43. The summed E-state index contributed by atoms with van der Waals surface area (Å²) in [5, 5.41) is 0. The molecule has 1 rings (SSSR count). The fourth-order valence-electron chi connectivity index (χ4n) is 4.00. The Morgan fingerprint density at radius 1 is 0.390 bits per heavy atom. The molecule has 0 spiro atoms. The Morgan fingerprint density at radius 2 is 0.729 bits per heavy atom. The third-order valence-corrected chi connectivity index (χ3v) is 9.66. The molecule has 0 aliphatic carbocycles. The maximum atomic E-state index is 11.8. The molecule has 1 heterocycles. The second kappa shape index (κ2) is 20.1. The topological polar surface area (TPSA) is 591 Å². The van der Waals surface area contributed by atoms with Gasteiger partial charge in [-0.3, -0.25) is 41.0 Å². The van der Waals surface area contributed by atoms with Crippen molar-refractivity contribution in [3.8, 4) is 0 Å². The van der Waals surface area contributed by atoms with E-state index in [1.54, 1.807) is 0 Å². The van der Waals surface area contributed by atoms with Crippen LogP contribution in [0.15, 0.2) is 0 Å². The maximum absolute atomic E-state index is 11.8. The molecule has 0 aromatic carbocycles. The molecule has 9 N–H and O–H groups in total. The average Bonchev–Trinajstić information content (AvgIpc) is 2.92. The lowest BCUT2D eigenvalue weighted by molar-refractivity contribution is -0.292. The number of hydrogen-bond acceptors (Lipinski definition) is 29. The van der Waals surface area contributed by atoms with Crippen LogP contribution in [0.3, 0.4) is 0 Å². The molecule has 59 heavy (non-hydrogen) atoms. The molecule has 0 saturated carbocycles. The van der Waals surface area contributed by atoms with Crippen molar-refractivity contribution in [1.29, 1.82) is 0 Å². The maximum Gasteiger partial charge on any atom is 0.397 e. The molecule has 0 amide bonds. The minimum atomic E-state index is -6.43. The summed E-state index contributed by atoms with van der Waals surface area (Å²) in [6.07, 6.45) is -30.7. The highest BCUT2D eigenvalue weighted by atomic mass is 32.3. The average molecular weight is 1060 g/mol. The number of hydrogen-bond donors (Lipinski definition) is 9. The molecule has 0 unspecified atom stereocenters. The molecule has 0 aromatic rings. The largest absolute Gasteiger partial charge is 0.397 e. The fourth-order valence-corrected chi connectivity index (χ4v) is 8.09. The van der Waals surface area contributed by atoms with Gasteiger partial charge in [-0.1, -0.05) is 0 Å². The molecule has 47 heteroatoms. The molecule has 0 radical (unpaired) electrons. The van der Waals surface area contributed by atoms with E-state index in [-0.39, 0.29) is 0 Å². The van der Waals surface area contributed by atoms with E-state index in [1.165, 1.54) is 0 Å². The Bertz CT molecular complexity index is 2470. The molecule has 0 aromatic heterocycles. The first kappa shape index (κ1) is 55.8.